The lowest BCUT2D eigenvalue weighted by Gasteiger charge is -2.26. The van der Waals surface area contributed by atoms with Crippen LogP contribution in [0.4, 0.5) is 8.78 Å². The number of hydrogen-bond donors (Lipinski definition) is 0. The molecule has 3 aromatic carbocycles. The first-order chi connectivity index (χ1) is 16.8. The smallest absolute Gasteiger partial charge is 0.170 e. The predicted octanol–water partition coefficient (Wildman–Crippen LogP) is 8.48. The molecule has 2 aliphatic carbocycles. The Labute approximate surface area is 210 Å². The first-order valence-electron chi connectivity index (χ1n) is 12.6. The fourth-order valence-electron chi connectivity index (χ4n) is 5.32. The lowest BCUT2D eigenvalue weighted by molar-refractivity contribution is 0.0908. The van der Waals surface area contributed by atoms with Crippen molar-refractivity contribution >= 4 is 10.9 Å². The average molecular weight is 496 g/mol. The van der Waals surface area contributed by atoms with Crippen LogP contribution in [0.5, 0.6) is 11.5 Å². The van der Waals surface area contributed by atoms with Gasteiger partial charge in [-0.1, -0.05) is 18.2 Å². The first kappa shape index (κ1) is 24.2. The van der Waals surface area contributed by atoms with Crippen LogP contribution in [-0.4, -0.2) is 11.2 Å². The molecular formula is C30H33F2O2S+. The summed E-state index contributed by atoms with van der Waals surface area (Å²) in [6.45, 7) is 4.13. The SMILES string of the molecule is CC1(Oc2cc([S+](c3ccccc3)c3ccc(F)c(OC4(C)CCCC4)c3)ccc2F)CCCC1. The monoisotopic (exact) mass is 495 g/mol. The van der Waals surface area contributed by atoms with Crippen molar-refractivity contribution in [3.05, 3.63) is 78.4 Å². The zero-order valence-corrected chi connectivity index (χ0v) is 21.3. The molecule has 0 bridgehead atoms. The molecule has 0 spiro atoms. The summed E-state index contributed by atoms with van der Waals surface area (Å²) in [5.41, 5.74) is -0.670. The largest absolute Gasteiger partial charge is 0.484 e. The van der Waals surface area contributed by atoms with Crippen LogP contribution in [0, 0.1) is 11.6 Å². The molecule has 5 heteroatoms. The molecule has 184 valence electrons. The Morgan fingerprint density at radius 1 is 0.600 bits per heavy atom. The molecule has 0 atom stereocenters. The Kier molecular flexibility index (Phi) is 6.80. The van der Waals surface area contributed by atoms with Crippen LogP contribution in [0.3, 0.4) is 0 Å². The molecule has 2 aliphatic rings. The number of halogens is 2. The summed E-state index contributed by atoms with van der Waals surface area (Å²) in [7, 11) is -0.578. The van der Waals surface area contributed by atoms with E-state index in [0.29, 0.717) is 0 Å². The summed E-state index contributed by atoms with van der Waals surface area (Å²) < 4.78 is 42.2. The van der Waals surface area contributed by atoms with E-state index in [1.807, 2.05) is 42.5 Å². The van der Waals surface area contributed by atoms with Gasteiger partial charge in [0.15, 0.2) is 37.8 Å². The summed E-state index contributed by atoms with van der Waals surface area (Å²) in [6, 6.07) is 20.4. The van der Waals surface area contributed by atoms with Crippen molar-refractivity contribution < 1.29 is 18.3 Å². The molecule has 0 heterocycles. The Morgan fingerprint density at radius 3 is 1.46 bits per heavy atom. The third kappa shape index (κ3) is 5.35. The van der Waals surface area contributed by atoms with Gasteiger partial charge in [0, 0.05) is 12.1 Å². The van der Waals surface area contributed by atoms with Crippen LogP contribution in [0.2, 0.25) is 0 Å². The van der Waals surface area contributed by atoms with E-state index in [1.54, 1.807) is 0 Å². The maximum atomic E-state index is 14.9. The summed E-state index contributed by atoms with van der Waals surface area (Å²) in [6.07, 6.45) is 8.12. The Bertz CT molecular complexity index is 1090. The van der Waals surface area contributed by atoms with Gasteiger partial charge >= 0.3 is 0 Å². The van der Waals surface area contributed by atoms with Crippen molar-refractivity contribution in [2.24, 2.45) is 0 Å². The normalized spacial score (nSPS) is 18.7. The number of rotatable bonds is 7. The quantitative estimate of drug-likeness (QED) is 0.306. The van der Waals surface area contributed by atoms with Crippen molar-refractivity contribution in [1.29, 1.82) is 0 Å². The van der Waals surface area contributed by atoms with Crippen LogP contribution >= 0.6 is 0 Å². The van der Waals surface area contributed by atoms with Gasteiger partial charge in [0.25, 0.3) is 0 Å². The second-order valence-electron chi connectivity index (χ2n) is 10.3. The van der Waals surface area contributed by atoms with Gasteiger partial charge in [-0.05, 0) is 102 Å². The fraction of sp³-hybridized carbons (Fsp3) is 0.400. The number of hydrogen-bond acceptors (Lipinski definition) is 2. The van der Waals surface area contributed by atoms with E-state index in [4.69, 9.17) is 9.47 Å². The Hall–Kier alpha value is -2.53. The summed E-state index contributed by atoms with van der Waals surface area (Å²) >= 11 is 0. The van der Waals surface area contributed by atoms with Crippen molar-refractivity contribution in [2.75, 3.05) is 0 Å². The van der Waals surface area contributed by atoms with Gasteiger partial charge in [-0.25, -0.2) is 8.78 Å². The maximum Gasteiger partial charge on any atom is 0.170 e. The summed E-state index contributed by atoms with van der Waals surface area (Å²) in [4.78, 5) is 2.93. The van der Waals surface area contributed by atoms with Gasteiger partial charge in [-0.3, -0.25) is 0 Å². The van der Waals surface area contributed by atoms with Crippen LogP contribution in [0.25, 0.3) is 0 Å². The van der Waals surface area contributed by atoms with E-state index in [1.165, 1.54) is 12.1 Å². The van der Waals surface area contributed by atoms with Crippen LogP contribution in [0.1, 0.15) is 65.2 Å². The molecule has 5 rings (SSSR count). The molecule has 0 radical (unpaired) electrons. The molecular weight excluding hydrogens is 462 g/mol. The van der Waals surface area contributed by atoms with E-state index in [-0.39, 0.29) is 34.3 Å². The molecule has 0 saturated heterocycles. The second kappa shape index (κ2) is 9.85. The molecule has 2 fully saturated rings. The van der Waals surface area contributed by atoms with Gasteiger partial charge in [-0.2, -0.15) is 0 Å². The molecule has 0 aliphatic heterocycles. The highest BCUT2D eigenvalue weighted by molar-refractivity contribution is 7.97. The highest BCUT2D eigenvalue weighted by Crippen LogP contribution is 2.40. The standard InChI is InChI=1S/C30H33F2O2S/c1-29(16-6-7-17-29)33-27-20-23(12-14-25(27)31)35(22-10-4-3-5-11-22)24-13-15-26(32)28(21-24)34-30(2)18-8-9-19-30/h3-5,10-15,20-21H,6-9,16-19H2,1-2H3/q+1. The molecule has 35 heavy (non-hydrogen) atoms. The lowest BCUT2D eigenvalue weighted by Crippen LogP contribution is -2.28. The first-order valence-corrected chi connectivity index (χ1v) is 13.8. The van der Waals surface area contributed by atoms with Crippen molar-refractivity contribution in [1.82, 2.24) is 0 Å². The van der Waals surface area contributed by atoms with E-state index >= 15 is 0 Å². The number of ether oxygens (including phenoxy) is 2. The Morgan fingerprint density at radius 2 is 1.03 bits per heavy atom. The average Bonchev–Trinajstić information content (AvgIpc) is 3.47. The Balaban J connectivity index is 1.54. The third-order valence-corrected chi connectivity index (χ3v) is 9.49. The zero-order valence-electron chi connectivity index (χ0n) is 20.5. The van der Waals surface area contributed by atoms with E-state index in [9.17, 15) is 8.78 Å². The molecule has 0 amide bonds. The van der Waals surface area contributed by atoms with Gasteiger partial charge in [0.2, 0.25) is 0 Å². The van der Waals surface area contributed by atoms with Crippen molar-refractivity contribution in [3.8, 4) is 11.5 Å². The van der Waals surface area contributed by atoms with E-state index in [0.717, 1.165) is 66.1 Å². The minimum atomic E-state index is -0.578. The highest BCUT2D eigenvalue weighted by atomic mass is 32.2. The molecule has 3 aromatic rings. The third-order valence-electron chi connectivity index (χ3n) is 7.29. The van der Waals surface area contributed by atoms with Gasteiger partial charge in [0.1, 0.15) is 11.2 Å². The molecule has 0 aromatic heterocycles. The topological polar surface area (TPSA) is 18.5 Å². The van der Waals surface area contributed by atoms with E-state index in [2.05, 4.69) is 26.0 Å². The van der Waals surface area contributed by atoms with Gasteiger partial charge in [0.05, 0.1) is 10.9 Å². The van der Waals surface area contributed by atoms with Crippen molar-refractivity contribution in [2.45, 2.75) is 91.1 Å². The molecule has 0 unspecified atom stereocenters. The molecule has 2 saturated carbocycles. The fourth-order valence-corrected chi connectivity index (χ4v) is 7.43. The minimum Gasteiger partial charge on any atom is -0.484 e. The van der Waals surface area contributed by atoms with Crippen LogP contribution in [-0.2, 0) is 10.9 Å². The van der Waals surface area contributed by atoms with Crippen molar-refractivity contribution in [3.63, 3.8) is 0 Å². The summed E-state index contributed by atoms with van der Waals surface area (Å²) in [5, 5.41) is 0. The van der Waals surface area contributed by atoms with Gasteiger partial charge < -0.3 is 9.47 Å². The maximum absolute atomic E-state index is 14.9. The molecule has 2 nitrogen and oxygen atoms in total. The number of benzene rings is 3. The summed E-state index contributed by atoms with van der Waals surface area (Å²) in [5.74, 6) is -0.124. The van der Waals surface area contributed by atoms with Gasteiger partial charge in [-0.15, -0.1) is 0 Å². The molecule has 0 N–H and O–H groups in total. The zero-order chi connectivity index (χ0) is 24.5. The minimum absolute atomic E-state index is 0.289. The second-order valence-corrected chi connectivity index (χ2v) is 12.3. The lowest BCUT2D eigenvalue weighted by atomic mass is 10.1. The van der Waals surface area contributed by atoms with Crippen LogP contribution < -0.4 is 9.47 Å². The highest BCUT2D eigenvalue weighted by Gasteiger charge is 2.36. The van der Waals surface area contributed by atoms with E-state index < -0.39 is 10.9 Å². The van der Waals surface area contributed by atoms with Crippen LogP contribution in [0.15, 0.2) is 81.4 Å². The predicted molar refractivity (Wildman–Crippen MR) is 136 cm³/mol.